The molecule has 2 fully saturated rings. The maximum atomic E-state index is 12.3. The van der Waals surface area contributed by atoms with Crippen LogP contribution < -0.4 is 5.73 Å². The Morgan fingerprint density at radius 3 is 1.90 bits per heavy atom. The molecule has 60 valence electrons. The summed E-state index contributed by atoms with van der Waals surface area (Å²) < 4.78 is 24.7. The van der Waals surface area contributed by atoms with Gasteiger partial charge in [0, 0.05) is 18.9 Å². The fourth-order valence-corrected chi connectivity index (χ4v) is 1.82. The summed E-state index contributed by atoms with van der Waals surface area (Å²) >= 11 is 0. The summed E-state index contributed by atoms with van der Waals surface area (Å²) in [6, 6.07) is 0.102. The predicted octanol–water partition coefficient (Wildman–Crippen LogP) is 1.41. The lowest BCUT2D eigenvalue weighted by molar-refractivity contribution is -0.00506. The highest BCUT2D eigenvalue weighted by molar-refractivity contribution is 5.85. The summed E-state index contributed by atoms with van der Waals surface area (Å²) in [4.78, 5) is 0. The van der Waals surface area contributed by atoms with Gasteiger partial charge in [-0.05, 0) is 11.8 Å². The molecule has 0 amide bonds. The molecular formula is C6H10ClF2N. The van der Waals surface area contributed by atoms with Gasteiger partial charge in [0.25, 0.3) is 0 Å². The van der Waals surface area contributed by atoms with Crippen LogP contribution >= 0.6 is 12.4 Å². The molecular weight excluding hydrogens is 160 g/mol. The third kappa shape index (κ3) is 1.01. The van der Waals surface area contributed by atoms with E-state index < -0.39 is 5.92 Å². The molecule has 0 aliphatic heterocycles. The molecule has 0 saturated heterocycles. The van der Waals surface area contributed by atoms with E-state index in [1.54, 1.807) is 0 Å². The van der Waals surface area contributed by atoms with Crippen molar-refractivity contribution in [1.29, 1.82) is 0 Å². The van der Waals surface area contributed by atoms with E-state index in [9.17, 15) is 8.78 Å². The molecule has 2 rings (SSSR count). The normalized spacial score (nSPS) is 47.7. The first-order valence-corrected chi connectivity index (χ1v) is 3.23. The van der Waals surface area contributed by atoms with E-state index in [2.05, 4.69) is 0 Å². The van der Waals surface area contributed by atoms with Crippen molar-refractivity contribution in [3.63, 3.8) is 0 Å². The van der Waals surface area contributed by atoms with E-state index in [1.165, 1.54) is 0 Å². The summed E-state index contributed by atoms with van der Waals surface area (Å²) in [5.74, 6) is -2.08. The van der Waals surface area contributed by atoms with Crippen LogP contribution in [-0.2, 0) is 0 Å². The Bertz CT molecular complexity index is 137. The molecule has 0 aromatic heterocycles. The first-order valence-electron chi connectivity index (χ1n) is 3.23. The van der Waals surface area contributed by atoms with E-state index in [1.807, 2.05) is 0 Å². The number of hydrogen-bond acceptors (Lipinski definition) is 1. The molecule has 2 N–H and O–H groups in total. The molecule has 2 unspecified atom stereocenters. The van der Waals surface area contributed by atoms with Gasteiger partial charge in [-0.15, -0.1) is 12.4 Å². The zero-order chi connectivity index (χ0) is 6.65. The van der Waals surface area contributed by atoms with Crippen LogP contribution in [0.4, 0.5) is 8.78 Å². The average molecular weight is 170 g/mol. The molecule has 0 aromatic carbocycles. The fourth-order valence-electron chi connectivity index (χ4n) is 1.82. The van der Waals surface area contributed by atoms with Gasteiger partial charge >= 0.3 is 0 Å². The molecule has 0 spiro atoms. The average Bonchev–Trinajstić information content (AvgIpc) is 2.26. The summed E-state index contributed by atoms with van der Waals surface area (Å²) in [5, 5.41) is 0. The summed E-state index contributed by atoms with van der Waals surface area (Å²) in [6.07, 6.45) is 0.0810. The highest BCUT2D eigenvalue weighted by atomic mass is 35.5. The topological polar surface area (TPSA) is 26.0 Å². The van der Waals surface area contributed by atoms with Crippen molar-refractivity contribution in [2.45, 2.75) is 24.8 Å². The Hall–Kier alpha value is 0.110. The Morgan fingerprint density at radius 1 is 1.20 bits per heavy atom. The van der Waals surface area contributed by atoms with Gasteiger partial charge in [0.15, 0.2) is 0 Å². The van der Waals surface area contributed by atoms with Gasteiger partial charge in [-0.3, -0.25) is 0 Å². The summed E-state index contributed by atoms with van der Waals surface area (Å²) in [5.41, 5.74) is 5.46. The minimum absolute atomic E-state index is 0. The second kappa shape index (κ2) is 2.05. The molecule has 0 bridgehead atoms. The highest BCUT2D eigenvalue weighted by Gasteiger charge is 2.61. The molecule has 2 aliphatic carbocycles. The second-order valence-corrected chi connectivity index (χ2v) is 3.17. The number of halogens is 3. The maximum Gasteiger partial charge on any atom is 0.248 e. The van der Waals surface area contributed by atoms with Crippen LogP contribution in [0.2, 0.25) is 0 Å². The SMILES string of the molecule is Cl.NC1C2CC(F)(F)CC12. The molecule has 0 heterocycles. The van der Waals surface area contributed by atoms with Crippen molar-refractivity contribution in [1.82, 2.24) is 0 Å². The fraction of sp³-hybridized carbons (Fsp3) is 1.00. The van der Waals surface area contributed by atoms with Crippen LogP contribution in [0, 0.1) is 11.8 Å². The predicted molar refractivity (Wildman–Crippen MR) is 36.4 cm³/mol. The number of fused-ring (bicyclic) bond motifs is 1. The third-order valence-corrected chi connectivity index (χ3v) is 2.47. The highest BCUT2D eigenvalue weighted by Crippen LogP contribution is 2.56. The third-order valence-electron chi connectivity index (χ3n) is 2.47. The van der Waals surface area contributed by atoms with Crippen molar-refractivity contribution in [2.75, 3.05) is 0 Å². The van der Waals surface area contributed by atoms with E-state index in [4.69, 9.17) is 5.73 Å². The summed E-state index contributed by atoms with van der Waals surface area (Å²) in [6.45, 7) is 0. The smallest absolute Gasteiger partial charge is 0.248 e. The van der Waals surface area contributed by atoms with Crippen LogP contribution in [-0.4, -0.2) is 12.0 Å². The Morgan fingerprint density at radius 2 is 1.60 bits per heavy atom. The van der Waals surface area contributed by atoms with Gasteiger partial charge in [-0.2, -0.15) is 0 Å². The molecule has 0 radical (unpaired) electrons. The lowest BCUT2D eigenvalue weighted by atomic mass is 10.2. The molecule has 4 heteroatoms. The van der Waals surface area contributed by atoms with Gasteiger partial charge in [0.2, 0.25) is 5.92 Å². The monoisotopic (exact) mass is 169 g/mol. The first-order chi connectivity index (χ1) is 4.10. The molecule has 1 nitrogen and oxygen atoms in total. The Labute approximate surface area is 64.4 Å². The number of hydrogen-bond donors (Lipinski definition) is 1. The van der Waals surface area contributed by atoms with E-state index in [-0.39, 0.29) is 43.1 Å². The standard InChI is InChI=1S/C6H9F2N.ClH/c7-6(8)1-3-4(2-6)5(3)9;/h3-5H,1-2,9H2;1H. The van der Waals surface area contributed by atoms with Crippen LogP contribution in [0.25, 0.3) is 0 Å². The van der Waals surface area contributed by atoms with Gasteiger partial charge in [0.05, 0.1) is 0 Å². The zero-order valence-electron chi connectivity index (χ0n) is 5.39. The lowest BCUT2D eigenvalue weighted by Crippen LogP contribution is -2.19. The van der Waals surface area contributed by atoms with Crippen molar-refractivity contribution in [3.8, 4) is 0 Å². The van der Waals surface area contributed by atoms with Crippen LogP contribution in [0.5, 0.6) is 0 Å². The van der Waals surface area contributed by atoms with Gasteiger partial charge in [-0.25, -0.2) is 8.78 Å². The molecule has 2 atom stereocenters. The van der Waals surface area contributed by atoms with Crippen LogP contribution in [0.3, 0.4) is 0 Å². The quantitative estimate of drug-likeness (QED) is 0.583. The van der Waals surface area contributed by atoms with Gasteiger partial charge in [0.1, 0.15) is 0 Å². The first kappa shape index (κ1) is 8.21. The molecule has 0 aromatic rings. The van der Waals surface area contributed by atoms with E-state index in [0.717, 1.165) is 0 Å². The van der Waals surface area contributed by atoms with Crippen LogP contribution in [0.1, 0.15) is 12.8 Å². The van der Waals surface area contributed by atoms with Crippen LogP contribution in [0.15, 0.2) is 0 Å². The number of nitrogens with two attached hydrogens (primary N) is 1. The lowest BCUT2D eigenvalue weighted by Gasteiger charge is -2.10. The maximum absolute atomic E-state index is 12.3. The Balaban J connectivity index is 0.000000500. The minimum atomic E-state index is -2.38. The van der Waals surface area contributed by atoms with E-state index in [0.29, 0.717) is 0 Å². The molecule has 2 saturated carbocycles. The van der Waals surface area contributed by atoms with Gasteiger partial charge in [-0.1, -0.05) is 0 Å². The van der Waals surface area contributed by atoms with Crippen molar-refractivity contribution >= 4 is 12.4 Å². The second-order valence-electron chi connectivity index (χ2n) is 3.17. The molecule has 10 heavy (non-hydrogen) atoms. The largest absolute Gasteiger partial charge is 0.327 e. The van der Waals surface area contributed by atoms with Gasteiger partial charge < -0.3 is 5.73 Å². The van der Waals surface area contributed by atoms with Crippen molar-refractivity contribution in [2.24, 2.45) is 17.6 Å². The van der Waals surface area contributed by atoms with E-state index >= 15 is 0 Å². The molecule has 2 aliphatic rings. The summed E-state index contributed by atoms with van der Waals surface area (Å²) in [7, 11) is 0. The van der Waals surface area contributed by atoms with Crippen molar-refractivity contribution < 1.29 is 8.78 Å². The number of rotatable bonds is 0. The number of alkyl halides is 2. The minimum Gasteiger partial charge on any atom is -0.327 e. The Kier molecular flexibility index (Phi) is 1.68. The van der Waals surface area contributed by atoms with Crippen molar-refractivity contribution in [3.05, 3.63) is 0 Å². The zero-order valence-corrected chi connectivity index (χ0v) is 6.20.